The highest BCUT2D eigenvalue weighted by Gasteiger charge is 2.33. The lowest BCUT2D eigenvalue weighted by Crippen LogP contribution is -2.51. The van der Waals surface area contributed by atoms with Crippen LogP contribution in [-0.4, -0.2) is 63.5 Å². The minimum Gasteiger partial charge on any atom is -0.380 e. The van der Waals surface area contributed by atoms with Gasteiger partial charge in [0, 0.05) is 37.6 Å². The van der Waals surface area contributed by atoms with E-state index in [1.165, 1.54) is 0 Å². The van der Waals surface area contributed by atoms with Crippen molar-refractivity contribution in [2.24, 2.45) is 5.41 Å². The van der Waals surface area contributed by atoms with Crippen LogP contribution in [0.2, 0.25) is 0 Å². The second-order valence-electron chi connectivity index (χ2n) is 5.50. The van der Waals surface area contributed by atoms with E-state index in [0.717, 1.165) is 52.6 Å². The Morgan fingerprint density at radius 1 is 1.25 bits per heavy atom. The van der Waals surface area contributed by atoms with Gasteiger partial charge in [-0.05, 0) is 6.92 Å². The van der Waals surface area contributed by atoms with Crippen molar-refractivity contribution in [1.29, 1.82) is 0 Å². The molecule has 0 saturated carbocycles. The van der Waals surface area contributed by atoms with E-state index in [-0.39, 0.29) is 0 Å². The second-order valence-corrected chi connectivity index (χ2v) is 5.50. The molecule has 4 heteroatoms. The van der Waals surface area contributed by atoms with Crippen molar-refractivity contribution in [2.75, 3.05) is 52.6 Å². The lowest BCUT2D eigenvalue weighted by atomic mass is 9.88. The zero-order chi connectivity index (χ0) is 11.4. The quantitative estimate of drug-likeness (QED) is 0.735. The lowest BCUT2D eigenvalue weighted by molar-refractivity contribution is -0.100. The Morgan fingerprint density at radius 2 is 1.94 bits per heavy atom. The predicted molar refractivity (Wildman–Crippen MR) is 63.6 cm³/mol. The molecule has 0 aliphatic carbocycles. The summed E-state index contributed by atoms with van der Waals surface area (Å²) in [4.78, 5) is 2.47. The Labute approximate surface area is 98.3 Å². The topological polar surface area (TPSA) is 33.7 Å². The maximum absolute atomic E-state index is 5.34. The van der Waals surface area contributed by atoms with Crippen LogP contribution in [0.4, 0.5) is 0 Å². The first-order valence-electron chi connectivity index (χ1n) is 6.29. The van der Waals surface area contributed by atoms with Crippen LogP contribution in [0.25, 0.3) is 0 Å². The van der Waals surface area contributed by atoms with Gasteiger partial charge in [0.2, 0.25) is 0 Å². The maximum Gasteiger partial charge on any atom is 0.0594 e. The molecule has 0 radical (unpaired) electrons. The molecule has 94 valence electrons. The first-order chi connectivity index (χ1) is 7.68. The minimum absolute atomic E-state index is 0.374. The van der Waals surface area contributed by atoms with E-state index < -0.39 is 0 Å². The number of nitrogens with one attached hydrogen (secondary N) is 1. The standard InChI is InChI=1S/C12H24N2O2/c1-11(7-14-3-5-15-6-4-14)13-8-12(2)9-16-10-12/h11,13H,3-10H2,1-2H3. The Hall–Kier alpha value is -0.160. The van der Waals surface area contributed by atoms with E-state index in [1.807, 2.05) is 0 Å². The van der Waals surface area contributed by atoms with Crippen LogP contribution in [-0.2, 0) is 9.47 Å². The molecule has 2 rings (SSSR count). The largest absolute Gasteiger partial charge is 0.380 e. The highest BCUT2D eigenvalue weighted by atomic mass is 16.5. The summed E-state index contributed by atoms with van der Waals surface area (Å²) in [6, 6.07) is 0.551. The van der Waals surface area contributed by atoms with Gasteiger partial charge in [0.25, 0.3) is 0 Å². The molecule has 2 fully saturated rings. The molecule has 0 aromatic rings. The van der Waals surface area contributed by atoms with Crippen LogP contribution in [0.3, 0.4) is 0 Å². The molecule has 0 aromatic carbocycles. The van der Waals surface area contributed by atoms with Crippen LogP contribution in [0.1, 0.15) is 13.8 Å². The van der Waals surface area contributed by atoms with Crippen LogP contribution in [0, 0.1) is 5.41 Å². The number of hydrogen-bond acceptors (Lipinski definition) is 4. The molecule has 2 aliphatic heterocycles. The van der Waals surface area contributed by atoms with Gasteiger partial charge < -0.3 is 14.8 Å². The van der Waals surface area contributed by atoms with Crippen molar-refractivity contribution in [2.45, 2.75) is 19.9 Å². The van der Waals surface area contributed by atoms with Gasteiger partial charge in [0.1, 0.15) is 0 Å². The maximum atomic E-state index is 5.34. The summed E-state index contributed by atoms with van der Waals surface area (Å²) < 4.78 is 10.6. The zero-order valence-electron chi connectivity index (χ0n) is 10.5. The fourth-order valence-electron chi connectivity index (χ4n) is 2.21. The summed E-state index contributed by atoms with van der Waals surface area (Å²) in [6.45, 7) is 12.5. The van der Waals surface area contributed by atoms with E-state index in [4.69, 9.17) is 9.47 Å². The number of nitrogens with zero attached hydrogens (tertiary/aromatic N) is 1. The molecule has 4 nitrogen and oxygen atoms in total. The zero-order valence-corrected chi connectivity index (χ0v) is 10.5. The minimum atomic E-state index is 0.374. The number of rotatable bonds is 5. The summed E-state index contributed by atoms with van der Waals surface area (Å²) in [6.07, 6.45) is 0. The Morgan fingerprint density at radius 3 is 2.50 bits per heavy atom. The third-order valence-electron chi connectivity index (χ3n) is 3.41. The predicted octanol–water partition coefficient (Wildman–Crippen LogP) is 0.333. The Balaban J connectivity index is 1.61. The molecule has 2 aliphatic rings. The van der Waals surface area contributed by atoms with Gasteiger partial charge in [-0.25, -0.2) is 0 Å². The molecule has 16 heavy (non-hydrogen) atoms. The van der Waals surface area contributed by atoms with E-state index in [2.05, 4.69) is 24.1 Å². The first kappa shape index (κ1) is 12.3. The average Bonchev–Trinajstić information content (AvgIpc) is 2.25. The van der Waals surface area contributed by atoms with Gasteiger partial charge in [-0.3, -0.25) is 4.90 Å². The molecule has 2 heterocycles. The molecule has 1 atom stereocenters. The second kappa shape index (κ2) is 5.45. The summed E-state index contributed by atoms with van der Waals surface area (Å²) in [5, 5.41) is 3.61. The van der Waals surface area contributed by atoms with Gasteiger partial charge in [0.15, 0.2) is 0 Å². The Kier molecular flexibility index (Phi) is 4.19. The fraction of sp³-hybridized carbons (Fsp3) is 1.00. The fourth-order valence-corrected chi connectivity index (χ4v) is 2.21. The van der Waals surface area contributed by atoms with Gasteiger partial charge in [-0.15, -0.1) is 0 Å². The summed E-state index contributed by atoms with van der Waals surface area (Å²) in [7, 11) is 0. The lowest BCUT2D eigenvalue weighted by Gasteiger charge is -2.39. The van der Waals surface area contributed by atoms with Crippen LogP contribution < -0.4 is 5.32 Å². The molecule has 2 saturated heterocycles. The van der Waals surface area contributed by atoms with Gasteiger partial charge in [-0.2, -0.15) is 0 Å². The molecule has 1 N–H and O–H groups in total. The third-order valence-corrected chi connectivity index (χ3v) is 3.41. The molecule has 0 spiro atoms. The third kappa shape index (κ3) is 3.42. The van der Waals surface area contributed by atoms with Crippen molar-refractivity contribution in [3.05, 3.63) is 0 Å². The van der Waals surface area contributed by atoms with Gasteiger partial charge in [-0.1, -0.05) is 6.92 Å². The average molecular weight is 228 g/mol. The molecule has 0 amide bonds. The van der Waals surface area contributed by atoms with E-state index in [0.29, 0.717) is 11.5 Å². The normalized spacial score (nSPS) is 27.4. The van der Waals surface area contributed by atoms with E-state index in [9.17, 15) is 0 Å². The van der Waals surface area contributed by atoms with Crippen molar-refractivity contribution in [3.8, 4) is 0 Å². The molecule has 1 unspecified atom stereocenters. The Bertz CT molecular complexity index is 213. The summed E-state index contributed by atoms with van der Waals surface area (Å²) in [5.41, 5.74) is 0.374. The van der Waals surface area contributed by atoms with E-state index >= 15 is 0 Å². The van der Waals surface area contributed by atoms with Crippen LogP contribution in [0.15, 0.2) is 0 Å². The molecular formula is C12H24N2O2. The molecular weight excluding hydrogens is 204 g/mol. The molecule has 0 aromatic heterocycles. The first-order valence-corrected chi connectivity index (χ1v) is 6.29. The molecule has 0 bridgehead atoms. The van der Waals surface area contributed by atoms with Gasteiger partial charge >= 0.3 is 0 Å². The summed E-state index contributed by atoms with van der Waals surface area (Å²) >= 11 is 0. The van der Waals surface area contributed by atoms with Crippen LogP contribution >= 0.6 is 0 Å². The smallest absolute Gasteiger partial charge is 0.0594 e. The van der Waals surface area contributed by atoms with Crippen molar-refractivity contribution in [3.63, 3.8) is 0 Å². The number of ether oxygens (including phenoxy) is 2. The summed E-state index contributed by atoms with van der Waals surface area (Å²) in [5.74, 6) is 0. The number of morpholine rings is 1. The van der Waals surface area contributed by atoms with Gasteiger partial charge in [0.05, 0.1) is 26.4 Å². The van der Waals surface area contributed by atoms with Crippen molar-refractivity contribution < 1.29 is 9.47 Å². The van der Waals surface area contributed by atoms with Crippen LogP contribution in [0.5, 0.6) is 0 Å². The highest BCUT2D eigenvalue weighted by molar-refractivity contribution is 4.84. The van der Waals surface area contributed by atoms with E-state index in [1.54, 1.807) is 0 Å². The highest BCUT2D eigenvalue weighted by Crippen LogP contribution is 2.25. The van der Waals surface area contributed by atoms with Crippen molar-refractivity contribution >= 4 is 0 Å². The van der Waals surface area contributed by atoms with Crippen molar-refractivity contribution in [1.82, 2.24) is 10.2 Å². The number of hydrogen-bond donors (Lipinski definition) is 1. The SMILES string of the molecule is CC(CN1CCOCC1)NCC1(C)COC1. The monoisotopic (exact) mass is 228 g/mol.